The first-order valence-electron chi connectivity index (χ1n) is 9.60. The van der Waals surface area contributed by atoms with Gasteiger partial charge in [-0.3, -0.25) is 14.4 Å². The number of rotatable bonds is 5. The van der Waals surface area contributed by atoms with Crippen molar-refractivity contribution in [2.45, 2.75) is 26.3 Å². The maximum Gasteiger partial charge on any atom is 0.260 e. The summed E-state index contributed by atoms with van der Waals surface area (Å²) in [5, 5.41) is 3.44. The molecule has 0 saturated carbocycles. The van der Waals surface area contributed by atoms with Crippen molar-refractivity contribution < 1.29 is 19.1 Å². The quantitative estimate of drug-likeness (QED) is 0.791. The number of hydrogen-bond acceptors (Lipinski definition) is 4. The molecule has 0 fully saturated rings. The molecule has 3 rings (SSSR count). The molecule has 30 heavy (non-hydrogen) atoms. The number of carbonyl (C=O) groups is 3. The van der Waals surface area contributed by atoms with Crippen molar-refractivity contribution in [3.63, 3.8) is 0 Å². The van der Waals surface area contributed by atoms with Gasteiger partial charge in [0.25, 0.3) is 5.91 Å². The van der Waals surface area contributed by atoms with Crippen LogP contribution in [-0.2, 0) is 14.4 Å². The Morgan fingerprint density at radius 2 is 2.00 bits per heavy atom. The predicted molar refractivity (Wildman–Crippen MR) is 116 cm³/mol. The van der Waals surface area contributed by atoms with Crippen LogP contribution in [0.25, 0.3) is 0 Å². The summed E-state index contributed by atoms with van der Waals surface area (Å²) in [5.41, 5.74) is 2.05. The summed E-state index contributed by atoms with van der Waals surface area (Å²) in [6, 6.07) is 11.9. The normalized spacial score (nSPS) is 15.7. The zero-order chi connectivity index (χ0) is 21.8. The van der Waals surface area contributed by atoms with Crippen LogP contribution in [0.2, 0.25) is 5.02 Å². The molecule has 0 bridgehead atoms. The van der Waals surface area contributed by atoms with E-state index in [-0.39, 0.29) is 43.3 Å². The molecule has 1 aliphatic rings. The zero-order valence-corrected chi connectivity index (χ0v) is 17.9. The van der Waals surface area contributed by atoms with E-state index in [0.717, 1.165) is 5.56 Å². The van der Waals surface area contributed by atoms with Crippen molar-refractivity contribution >= 4 is 40.7 Å². The Labute approximate surface area is 180 Å². The smallest absolute Gasteiger partial charge is 0.260 e. The Balaban J connectivity index is 1.66. The van der Waals surface area contributed by atoms with Crippen LogP contribution in [-0.4, -0.2) is 48.9 Å². The highest BCUT2D eigenvalue weighted by atomic mass is 35.5. The summed E-state index contributed by atoms with van der Waals surface area (Å²) in [6.07, 6.45) is 0.178. The van der Waals surface area contributed by atoms with Gasteiger partial charge in [-0.05, 0) is 49.7 Å². The number of likely N-dealkylation sites (N-methyl/N-ethyl adjacent to an activating group) is 1. The molecular formula is C22H24ClN3O4. The summed E-state index contributed by atoms with van der Waals surface area (Å²) < 4.78 is 5.53. The van der Waals surface area contributed by atoms with E-state index in [1.165, 1.54) is 4.90 Å². The molecule has 1 atom stereocenters. The number of fused-ring (bicyclic) bond motifs is 1. The van der Waals surface area contributed by atoms with E-state index < -0.39 is 0 Å². The molecule has 0 spiro atoms. The lowest BCUT2D eigenvalue weighted by Crippen LogP contribution is -2.46. The fourth-order valence-electron chi connectivity index (χ4n) is 3.30. The molecule has 0 aliphatic carbocycles. The van der Waals surface area contributed by atoms with Crippen LogP contribution in [0.3, 0.4) is 0 Å². The van der Waals surface area contributed by atoms with E-state index in [4.69, 9.17) is 16.3 Å². The Morgan fingerprint density at radius 3 is 2.73 bits per heavy atom. The van der Waals surface area contributed by atoms with Gasteiger partial charge in [0.2, 0.25) is 11.8 Å². The third-order valence-electron chi connectivity index (χ3n) is 4.92. The predicted octanol–water partition coefficient (Wildman–Crippen LogP) is 3.25. The van der Waals surface area contributed by atoms with E-state index in [1.807, 2.05) is 13.8 Å². The number of benzene rings is 2. The van der Waals surface area contributed by atoms with Gasteiger partial charge in [-0.25, -0.2) is 0 Å². The monoisotopic (exact) mass is 429 g/mol. The molecule has 1 aliphatic heterocycles. The summed E-state index contributed by atoms with van der Waals surface area (Å²) in [7, 11) is 1.55. The molecule has 1 heterocycles. The van der Waals surface area contributed by atoms with Gasteiger partial charge >= 0.3 is 0 Å². The Kier molecular flexibility index (Phi) is 6.62. The molecule has 3 amide bonds. The summed E-state index contributed by atoms with van der Waals surface area (Å²) in [4.78, 5) is 40.5. The van der Waals surface area contributed by atoms with Gasteiger partial charge < -0.3 is 19.9 Å². The number of nitrogens with zero attached hydrogens (tertiary/aromatic N) is 2. The van der Waals surface area contributed by atoms with Gasteiger partial charge in [-0.1, -0.05) is 23.7 Å². The minimum atomic E-state index is -0.335. The lowest BCUT2D eigenvalue weighted by atomic mass is 10.1. The first kappa shape index (κ1) is 21.6. The molecular weight excluding hydrogens is 406 g/mol. The minimum Gasteiger partial charge on any atom is -0.484 e. The maximum atomic E-state index is 13.0. The van der Waals surface area contributed by atoms with Crippen molar-refractivity contribution in [3.05, 3.63) is 53.1 Å². The number of anilines is 2. The first-order chi connectivity index (χ1) is 14.3. The first-order valence-corrected chi connectivity index (χ1v) is 9.98. The summed E-state index contributed by atoms with van der Waals surface area (Å²) >= 11 is 5.99. The Bertz CT molecular complexity index is 979. The third kappa shape index (κ3) is 4.91. The number of hydrogen-bond donors (Lipinski definition) is 1. The molecule has 7 nitrogen and oxygen atoms in total. The van der Waals surface area contributed by atoms with Gasteiger partial charge in [-0.2, -0.15) is 0 Å². The van der Waals surface area contributed by atoms with Crippen molar-refractivity contribution in [2.75, 3.05) is 30.4 Å². The SMILES string of the molecule is Cc1cc(OCC(=O)N(C)CC(=O)N2c3ccccc3NC(=O)CC2C)ccc1Cl. The van der Waals surface area contributed by atoms with E-state index in [1.54, 1.807) is 54.4 Å². The van der Waals surface area contributed by atoms with Crippen LogP contribution in [0.5, 0.6) is 5.75 Å². The number of ether oxygens (including phenoxy) is 1. The summed E-state index contributed by atoms with van der Waals surface area (Å²) in [5.74, 6) is -0.225. The van der Waals surface area contributed by atoms with Gasteiger partial charge in [0.15, 0.2) is 6.61 Å². The van der Waals surface area contributed by atoms with Crippen LogP contribution in [0.4, 0.5) is 11.4 Å². The van der Waals surface area contributed by atoms with E-state index in [0.29, 0.717) is 22.1 Å². The largest absolute Gasteiger partial charge is 0.484 e. The molecule has 2 aromatic carbocycles. The number of amides is 3. The minimum absolute atomic E-state index is 0.130. The van der Waals surface area contributed by atoms with Crippen LogP contribution in [0.15, 0.2) is 42.5 Å². The van der Waals surface area contributed by atoms with Crippen molar-refractivity contribution in [1.82, 2.24) is 4.90 Å². The van der Waals surface area contributed by atoms with Crippen LogP contribution in [0.1, 0.15) is 18.9 Å². The number of aryl methyl sites for hydroxylation is 1. The average Bonchev–Trinajstić information content (AvgIpc) is 2.82. The van der Waals surface area contributed by atoms with E-state index in [2.05, 4.69) is 5.32 Å². The molecule has 8 heteroatoms. The third-order valence-corrected chi connectivity index (χ3v) is 5.34. The van der Waals surface area contributed by atoms with Crippen LogP contribution >= 0.6 is 11.6 Å². The van der Waals surface area contributed by atoms with Crippen molar-refractivity contribution in [3.8, 4) is 5.75 Å². The fourth-order valence-corrected chi connectivity index (χ4v) is 3.41. The lowest BCUT2D eigenvalue weighted by molar-refractivity contribution is -0.135. The van der Waals surface area contributed by atoms with Crippen molar-refractivity contribution in [1.29, 1.82) is 0 Å². The highest BCUT2D eigenvalue weighted by Crippen LogP contribution is 2.31. The molecule has 1 N–H and O–H groups in total. The number of carbonyl (C=O) groups excluding carboxylic acids is 3. The molecule has 0 aromatic heterocycles. The number of para-hydroxylation sites is 2. The zero-order valence-electron chi connectivity index (χ0n) is 17.1. The molecule has 158 valence electrons. The average molecular weight is 430 g/mol. The standard InChI is InChI=1S/C22H24ClN3O4/c1-14-10-16(8-9-17(14)23)30-13-22(29)25(3)12-21(28)26-15(2)11-20(27)24-18-6-4-5-7-19(18)26/h4-10,15H,11-13H2,1-3H3,(H,24,27). The van der Waals surface area contributed by atoms with Crippen LogP contribution in [0, 0.1) is 6.92 Å². The highest BCUT2D eigenvalue weighted by Gasteiger charge is 2.30. The Morgan fingerprint density at radius 1 is 1.27 bits per heavy atom. The lowest BCUT2D eigenvalue weighted by Gasteiger charge is -2.29. The molecule has 0 radical (unpaired) electrons. The van der Waals surface area contributed by atoms with Crippen LogP contribution < -0.4 is 15.0 Å². The number of nitrogens with one attached hydrogen (secondary N) is 1. The second-order valence-corrected chi connectivity index (χ2v) is 7.74. The second kappa shape index (κ2) is 9.17. The topological polar surface area (TPSA) is 79.0 Å². The van der Waals surface area contributed by atoms with Gasteiger partial charge in [0, 0.05) is 24.5 Å². The van der Waals surface area contributed by atoms with Crippen molar-refractivity contribution in [2.24, 2.45) is 0 Å². The maximum absolute atomic E-state index is 13.0. The van der Waals surface area contributed by atoms with E-state index in [9.17, 15) is 14.4 Å². The van der Waals surface area contributed by atoms with E-state index >= 15 is 0 Å². The molecule has 0 saturated heterocycles. The summed E-state index contributed by atoms with van der Waals surface area (Å²) in [6.45, 7) is 3.33. The molecule has 2 aromatic rings. The molecule has 1 unspecified atom stereocenters. The number of halogens is 1. The van der Waals surface area contributed by atoms with Gasteiger partial charge in [0.1, 0.15) is 5.75 Å². The highest BCUT2D eigenvalue weighted by molar-refractivity contribution is 6.31. The fraction of sp³-hybridized carbons (Fsp3) is 0.318. The van der Waals surface area contributed by atoms with Gasteiger partial charge in [-0.15, -0.1) is 0 Å². The van der Waals surface area contributed by atoms with Gasteiger partial charge in [0.05, 0.1) is 17.9 Å². The second-order valence-electron chi connectivity index (χ2n) is 7.33. The Hall–Kier alpha value is -3.06.